The van der Waals surface area contributed by atoms with Crippen molar-refractivity contribution in [2.24, 2.45) is 0 Å². The first-order valence-electron chi connectivity index (χ1n) is 21.9. The Morgan fingerprint density at radius 1 is 0.172 bits per heavy atom. The molecule has 0 aliphatic heterocycles. The predicted molar refractivity (Wildman–Crippen MR) is 273 cm³/mol. The number of benzene rings is 11. The van der Waals surface area contributed by atoms with Crippen molar-refractivity contribution in [3.05, 3.63) is 267 Å². The minimum atomic E-state index is 1.11. The third-order valence-corrected chi connectivity index (χ3v) is 12.2. The van der Waals surface area contributed by atoms with Gasteiger partial charge in [0.2, 0.25) is 0 Å². The van der Waals surface area contributed by atoms with E-state index in [1.54, 1.807) is 0 Å². The minimum absolute atomic E-state index is 1.11. The molecule has 0 aliphatic rings. The Morgan fingerprint density at radius 2 is 0.406 bits per heavy atom. The second kappa shape index (κ2) is 17.1. The van der Waals surface area contributed by atoms with Crippen LogP contribution < -0.4 is 9.80 Å². The highest BCUT2D eigenvalue weighted by atomic mass is 15.1. The van der Waals surface area contributed by atoms with Crippen LogP contribution in [0.1, 0.15) is 0 Å². The highest BCUT2D eigenvalue weighted by Crippen LogP contribution is 2.40. The van der Waals surface area contributed by atoms with Crippen molar-refractivity contribution < 1.29 is 0 Å². The lowest BCUT2D eigenvalue weighted by molar-refractivity contribution is 1.28. The van der Waals surface area contributed by atoms with Gasteiger partial charge in [-0.05, 0) is 151 Å². The number of hydrogen-bond donors (Lipinski definition) is 0. The molecule has 0 spiro atoms. The van der Waals surface area contributed by atoms with Crippen molar-refractivity contribution in [1.29, 1.82) is 0 Å². The highest BCUT2D eigenvalue weighted by molar-refractivity contribution is 6.09. The summed E-state index contributed by atoms with van der Waals surface area (Å²) in [4.78, 5) is 4.64. The van der Waals surface area contributed by atoms with E-state index in [2.05, 4.69) is 277 Å². The highest BCUT2D eigenvalue weighted by Gasteiger charge is 2.15. The summed E-state index contributed by atoms with van der Waals surface area (Å²) >= 11 is 0. The number of para-hydroxylation sites is 2. The van der Waals surface area contributed by atoms with Crippen molar-refractivity contribution >= 4 is 55.7 Å². The Labute approximate surface area is 375 Å². The van der Waals surface area contributed by atoms with E-state index in [0.717, 1.165) is 34.1 Å². The monoisotopic (exact) mass is 816 g/mol. The van der Waals surface area contributed by atoms with Crippen LogP contribution in [0.2, 0.25) is 0 Å². The van der Waals surface area contributed by atoms with E-state index in [0.29, 0.717) is 0 Å². The molecule has 0 N–H and O–H groups in total. The molecule has 0 saturated carbocycles. The summed E-state index contributed by atoms with van der Waals surface area (Å²) in [6.45, 7) is 0. The van der Waals surface area contributed by atoms with Crippen LogP contribution in [0.3, 0.4) is 0 Å². The van der Waals surface area contributed by atoms with Gasteiger partial charge in [-0.2, -0.15) is 0 Å². The van der Waals surface area contributed by atoms with Crippen molar-refractivity contribution in [1.82, 2.24) is 0 Å². The lowest BCUT2D eigenvalue weighted by Gasteiger charge is -2.26. The number of hydrogen-bond acceptors (Lipinski definition) is 2. The molecule has 0 radical (unpaired) electrons. The number of rotatable bonds is 10. The SMILES string of the molecule is c1ccc(-c2ccc(N(c3ccccc3)c3ccc(-c4ccc5c(ccc6cc(-c7ccc(N(c8ccccc8)c8ccc(-c9ccccc9)cc8)cc7)ccc65)c4)cc3)cc2)cc1. The fourth-order valence-corrected chi connectivity index (χ4v) is 8.95. The number of fused-ring (bicyclic) bond motifs is 3. The molecule has 0 bridgehead atoms. The van der Waals surface area contributed by atoms with Gasteiger partial charge in [-0.3, -0.25) is 0 Å². The van der Waals surface area contributed by atoms with Gasteiger partial charge >= 0.3 is 0 Å². The van der Waals surface area contributed by atoms with Crippen LogP contribution in [0.25, 0.3) is 66.1 Å². The Balaban J connectivity index is 0.848. The molecule has 0 amide bonds. The Bertz CT molecular complexity index is 3080. The summed E-state index contributed by atoms with van der Waals surface area (Å²) in [7, 11) is 0. The molecule has 2 heteroatoms. The van der Waals surface area contributed by atoms with Gasteiger partial charge in [0, 0.05) is 34.1 Å². The summed E-state index contributed by atoms with van der Waals surface area (Å²) in [6.07, 6.45) is 0. The lowest BCUT2D eigenvalue weighted by Crippen LogP contribution is -2.09. The van der Waals surface area contributed by atoms with Gasteiger partial charge in [0.1, 0.15) is 0 Å². The Morgan fingerprint density at radius 3 is 0.719 bits per heavy atom. The second-order valence-corrected chi connectivity index (χ2v) is 16.2. The van der Waals surface area contributed by atoms with Gasteiger partial charge in [-0.1, -0.05) is 182 Å². The van der Waals surface area contributed by atoms with Gasteiger partial charge in [-0.15, -0.1) is 0 Å². The topological polar surface area (TPSA) is 6.48 Å². The molecule has 0 aliphatic carbocycles. The lowest BCUT2D eigenvalue weighted by atomic mass is 9.95. The molecule has 11 aromatic rings. The number of anilines is 6. The van der Waals surface area contributed by atoms with Gasteiger partial charge in [0.25, 0.3) is 0 Å². The molecule has 0 aromatic heterocycles. The van der Waals surface area contributed by atoms with E-state index < -0.39 is 0 Å². The molecule has 64 heavy (non-hydrogen) atoms. The molecule has 0 fully saturated rings. The zero-order valence-electron chi connectivity index (χ0n) is 35.3. The third-order valence-electron chi connectivity index (χ3n) is 12.2. The van der Waals surface area contributed by atoms with E-state index in [1.165, 1.54) is 66.1 Å². The number of nitrogens with zero attached hydrogens (tertiary/aromatic N) is 2. The summed E-state index contributed by atoms with van der Waals surface area (Å²) in [6, 6.07) is 96.1. The van der Waals surface area contributed by atoms with Gasteiger partial charge in [-0.25, -0.2) is 0 Å². The van der Waals surface area contributed by atoms with Crippen LogP contribution in [0.5, 0.6) is 0 Å². The van der Waals surface area contributed by atoms with E-state index >= 15 is 0 Å². The van der Waals surface area contributed by atoms with Crippen molar-refractivity contribution in [2.45, 2.75) is 0 Å². The van der Waals surface area contributed by atoms with E-state index in [4.69, 9.17) is 0 Å². The maximum atomic E-state index is 2.32. The normalized spacial score (nSPS) is 11.1. The average molecular weight is 817 g/mol. The first-order valence-corrected chi connectivity index (χ1v) is 21.9. The van der Waals surface area contributed by atoms with Crippen molar-refractivity contribution in [3.63, 3.8) is 0 Å². The van der Waals surface area contributed by atoms with Crippen LogP contribution in [0, 0.1) is 0 Å². The molecule has 11 aromatic carbocycles. The van der Waals surface area contributed by atoms with Gasteiger partial charge < -0.3 is 9.80 Å². The first kappa shape index (κ1) is 38.5. The summed E-state index contributed by atoms with van der Waals surface area (Å²) in [5, 5.41) is 4.97. The Hall–Kier alpha value is -8.46. The zero-order valence-corrected chi connectivity index (χ0v) is 35.3. The minimum Gasteiger partial charge on any atom is -0.311 e. The van der Waals surface area contributed by atoms with E-state index in [-0.39, 0.29) is 0 Å². The Kier molecular flexibility index (Phi) is 10.3. The van der Waals surface area contributed by atoms with Crippen LogP contribution in [0.15, 0.2) is 267 Å². The van der Waals surface area contributed by atoms with Crippen LogP contribution in [-0.2, 0) is 0 Å². The molecular formula is C62H44N2. The molecular weight excluding hydrogens is 773 g/mol. The zero-order chi connectivity index (χ0) is 42.7. The fraction of sp³-hybridized carbons (Fsp3) is 0. The molecule has 302 valence electrons. The predicted octanol–water partition coefficient (Wildman–Crippen LogP) is 17.6. The largest absolute Gasteiger partial charge is 0.311 e. The van der Waals surface area contributed by atoms with Crippen LogP contribution in [-0.4, -0.2) is 0 Å². The van der Waals surface area contributed by atoms with Gasteiger partial charge in [0.15, 0.2) is 0 Å². The second-order valence-electron chi connectivity index (χ2n) is 16.2. The first-order chi connectivity index (χ1) is 31.7. The van der Waals surface area contributed by atoms with E-state index in [9.17, 15) is 0 Å². The maximum Gasteiger partial charge on any atom is 0.0462 e. The summed E-state index contributed by atoms with van der Waals surface area (Å²) < 4.78 is 0. The quantitative estimate of drug-likeness (QED) is 0.127. The molecule has 2 nitrogen and oxygen atoms in total. The molecule has 0 saturated heterocycles. The summed E-state index contributed by atoms with van der Waals surface area (Å²) in [5.74, 6) is 0. The third kappa shape index (κ3) is 7.70. The summed E-state index contributed by atoms with van der Waals surface area (Å²) in [5.41, 5.74) is 16.3. The molecule has 0 atom stereocenters. The van der Waals surface area contributed by atoms with Crippen molar-refractivity contribution in [2.75, 3.05) is 9.80 Å². The van der Waals surface area contributed by atoms with E-state index in [1.807, 2.05) is 0 Å². The standard InChI is InChI=1S/C62H44N2/c1-5-13-45(14-6-1)47-23-33-57(34-24-47)63(55-17-9-3-10-18-55)59-37-27-49(28-38-59)51-31-41-61-53(43-51)21-22-54-44-52(32-42-62(54)61)50-29-39-60(40-30-50)64(56-19-11-4-12-20-56)58-35-25-48(26-36-58)46-15-7-2-8-16-46/h1-44H. The van der Waals surface area contributed by atoms with Gasteiger partial charge in [0.05, 0.1) is 0 Å². The van der Waals surface area contributed by atoms with Crippen LogP contribution in [0.4, 0.5) is 34.1 Å². The molecule has 0 unspecified atom stereocenters. The van der Waals surface area contributed by atoms with Crippen LogP contribution >= 0.6 is 0 Å². The average Bonchev–Trinajstić information content (AvgIpc) is 3.38. The smallest absolute Gasteiger partial charge is 0.0462 e. The molecule has 0 heterocycles. The van der Waals surface area contributed by atoms with Crippen molar-refractivity contribution in [3.8, 4) is 44.5 Å². The fourth-order valence-electron chi connectivity index (χ4n) is 8.95. The maximum absolute atomic E-state index is 2.32. The molecule has 11 rings (SSSR count).